The van der Waals surface area contributed by atoms with Crippen molar-refractivity contribution in [1.29, 1.82) is 0 Å². The first-order valence-electron chi connectivity index (χ1n) is 29.1. The molecule has 0 spiro atoms. The molecule has 0 amide bonds. The molecule has 0 N–H and O–H groups in total. The Morgan fingerprint density at radius 1 is 0.290 bits per heavy atom. The van der Waals surface area contributed by atoms with Gasteiger partial charge in [0.15, 0.2) is 6.10 Å². The van der Waals surface area contributed by atoms with Gasteiger partial charge >= 0.3 is 17.9 Å². The van der Waals surface area contributed by atoms with E-state index < -0.39 is 6.10 Å². The molecule has 0 aromatic heterocycles. The lowest BCUT2D eigenvalue weighted by atomic mass is 10.1. The molecule has 6 nitrogen and oxygen atoms in total. The van der Waals surface area contributed by atoms with Crippen molar-refractivity contribution >= 4 is 17.9 Å². The molecule has 0 aliphatic rings. The van der Waals surface area contributed by atoms with E-state index in [1.54, 1.807) is 0 Å². The number of hydrogen-bond acceptors (Lipinski definition) is 6. The minimum atomic E-state index is -0.796. The van der Waals surface area contributed by atoms with E-state index in [1.807, 2.05) is 0 Å². The predicted molar refractivity (Wildman–Crippen MR) is 297 cm³/mol. The van der Waals surface area contributed by atoms with Gasteiger partial charge in [0.2, 0.25) is 0 Å². The third kappa shape index (κ3) is 55.4. The van der Waals surface area contributed by atoms with Crippen LogP contribution in [0, 0.1) is 0 Å². The third-order valence-electron chi connectivity index (χ3n) is 12.3. The molecule has 0 bridgehead atoms. The topological polar surface area (TPSA) is 78.9 Å². The normalized spacial score (nSPS) is 12.3. The van der Waals surface area contributed by atoms with Crippen LogP contribution >= 0.6 is 0 Å². The van der Waals surface area contributed by atoms with Gasteiger partial charge in [-0.25, -0.2) is 0 Å². The molecule has 0 unspecified atom stereocenters. The molecule has 0 rings (SSSR count). The summed E-state index contributed by atoms with van der Waals surface area (Å²) in [5, 5.41) is 0. The largest absolute Gasteiger partial charge is 0.462 e. The molecule has 0 saturated heterocycles. The highest BCUT2D eigenvalue weighted by atomic mass is 16.6. The fraction of sp³-hybridized carbons (Fsp3) is 0.730. The lowest BCUT2D eigenvalue weighted by Crippen LogP contribution is -2.30. The molecule has 0 aliphatic heterocycles. The Bertz CT molecular complexity index is 1270. The number of unbranched alkanes of at least 4 members (excludes halogenated alkanes) is 27. The Kier molecular flexibility index (Phi) is 54.3. The van der Waals surface area contributed by atoms with Gasteiger partial charge < -0.3 is 14.2 Å². The summed E-state index contributed by atoms with van der Waals surface area (Å²) in [7, 11) is 0. The minimum Gasteiger partial charge on any atom is -0.462 e. The predicted octanol–water partition coefficient (Wildman–Crippen LogP) is 19.5. The van der Waals surface area contributed by atoms with Gasteiger partial charge in [-0.05, 0) is 122 Å². The van der Waals surface area contributed by atoms with E-state index in [0.29, 0.717) is 19.3 Å². The van der Waals surface area contributed by atoms with E-state index in [0.717, 1.165) is 109 Å². The summed E-state index contributed by atoms with van der Waals surface area (Å²) in [6.45, 7) is 6.54. The Balaban J connectivity index is 4.45. The van der Waals surface area contributed by atoms with Crippen LogP contribution in [0.5, 0.6) is 0 Å². The summed E-state index contributed by atoms with van der Waals surface area (Å²) in [4.78, 5) is 38.2. The number of carbonyl (C=O) groups is 3. The number of ether oxygens (including phenoxy) is 3. The molecule has 0 radical (unpaired) electrons. The SMILES string of the molecule is CCCCC/C=C\C/C=C\C/C=C\CCCCCCC(=O)OC(COC(=O)CCCCCCCCC/C=C\C/C=C\CCCCC)COC(=O)CCCCCCCCC/C=C\C/C=C\CCCCC. The molecule has 6 heteroatoms. The summed E-state index contributed by atoms with van der Waals surface area (Å²) in [6.07, 6.45) is 74.2. The van der Waals surface area contributed by atoms with Gasteiger partial charge in [-0.2, -0.15) is 0 Å². The second-order valence-electron chi connectivity index (χ2n) is 19.2. The third-order valence-corrected chi connectivity index (χ3v) is 12.3. The van der Waals surface area contributed by atoms with Crippen molar-refractivity contribution in [3.63, 3.8) is 0 Å². The Morgan fingerprint density at radius 2 is 0.522 bits per heavy atom. The van der Waals surface area contributed by atoms with Gasteiger partial charge in [-0.1, -0.05) is 221 Å². The van der Waals surface area contributed by atoms with Gasteiger partial charge in [-0.15, -0.1) is 0 Å². The van der Waals surface area contributed by atoms with Crippen molar-refractivity contribution in [1.82, 2.24) is 0 Å². The first-order valence-corrected chi connectivity index (χ1v) is 29.1. The van der Waals surface area contributed by atoms with Crippen LogP contribution in [0.15, 0.2) is 85.1 Å². The van der Waals surface area contributed by atoms with E-state index in [9.17, 15) is 14.4 Å². The molecule has 0 aromatic rings. The van der Waals surface area contributed by atoms with E-state index in [1.165, 1.54) is 128 Å². The molecule has 0 heterocycles. The Morgan fingerprint density at radius 3 is 0.812 bits per heavy atom. The first-order chi connectivity index (χ1) is 34.0. The van der Waals surface area contributed by atoms with E-state index in [4.69, 9.17) is 14.2 Å². The van der Waals surface area contributed by atoms with Crippen molar-refractivity contribution < 1.29 is 28.6 Å². The van der Waals surface area contributed by atoms with Crippen LogP contribution in [0.1, 0.15) is 278 Å². The van der Waals surface area contributed by atoms with Gasteiger partial charge in [0.25, 0.3) is 0 Å². The van der Waals surface area contributed by atoms with Crippen molar-refractivity contribution in [2.45, 2.75) is 284 Å². The van der Waals surface area contributed by atoms with Crippen molar-refractivity contribution in [3.05, 3.63) is 85.1 Å². The second-order valence-corrected chi connectivity index (χ2v) is 19.2. The lowest BCUT2D eigenvalue weighted by molar-refractivity contribution is -0.167. The van der Waals surface area contributed by atoms with Gasteiger partial charge in [0.05, 0.1) is 0 Å². The molecule has 0 atom stereocenters. The highest BCUT2D eigenvalue weighted by Crippen LogP contribution is 2.14. The van der Waals surface area contributed by atoms with Crippen molar-refractivity contribution in [3.8, 4) is 0 Å². The maximum Gasteiger partial charge on any atom is 0.306 e. The molecule has 0 saturated carbocycles. The van der Waals surface area contributed by atoms with Gasteiger partial charge in [0, 0.05) is 19.3 Å². The zero-order valence-corrected chi connectivity index (χ0v) is 45.3. The fourth-order valence-corrected chi connectivity index (χ4v) is 7.92. The number of esters is 3. The molecule has 396 valence electrons. The summed E-state index contributed by atoms with van der Waals surface area (Å²) in [5.41, 5.74) is 0. The number of rotatable bonds is 52. The highest BCUT2D eigenvalue weighted by Gasteiger charge is 2.19. The highest BCUT2D eigenvalue weighted by molar-refractivity contribution is 5.71. The maximum absolute atomic E-state index is 12.9. The fourth-order valence-electron chi connectivity index (χ4n) is 7.92. The summed E-state index contributed by atoms with van der Waals surface area (Å²) in [6, 6.07) is 0. The van der Waals surface area contributed by atoms with Crippen LogP contribution in [0.3, 0.4) is 0 Å². The van der Waals surface area contributed by atoms with Gasteiger partial charge in [-0.3, -0.25) is 14.4 Å². The number of carbonyl (C=O) groups excluding carboxylic acids is 3. The second kappa shape index (κ2) is 57.2. The first kappa shape index (κ1) is 65.6. The van der Waals surface area contributed by atoms with Crippen LogP contribution in [-0.2, 0) is 28.6 Å². The minimum absolute atomic E-state index is 0.0925. The summed E-state index contributed by atoms with van der Waals surface area (Å²) >= 11 is 0. The average molecular weight is 962 g/mol. The number of allylic oxidation sites excluding steroid dienone is 14. The van der Waals surface area contributed by atoms with E-state index in [-0.39, 0.29) is 31.1 Å². The van der Waals surface area contributed by atoms with Crippen LogP contribution in [0.2, 0.25) is 0 Å². The molecular formula is C63H108O6. The standard InChI is InChI=1S/C63H108O6/c1-4-7-10-13-16-19-22-25-28-31-34-37-40-43-46-49-52-55-61(64)67-58-60(69-63(66)57-54-51-48-45-42-39-36-33-30-27-24-21-18-15-12-9-6-3)59-68-62(65)56-53-50-47-44-41-38-35-32-29-26-23-20-17-14-11-8-5-2/h16-21,25-30,36,39,60H,4-15,22-24,31-35,37-38,40-59H2,1-3H3/b19-16-,20-17-,21-18-,28-25-,29-26-,30-27-,39-36-. The Labute approximate surface area is 426 Å². The smallest absolute Gasteiger partial charge is 0.306 e. The Hall–Kier alpha value is -3.41. The van der Waals surface area contributed by atoms with E-state index in [2.05, 4.69) is 106 Å². The molecule has 0 fully saturated rings. The quantitative estimate of drug-likeness (QED) is 0.0262. The van der Waals surface area contributed by atoms with Crippen LogP contribution in [-0.4, -0.2) is 37.2 Å². The van der Waals surface area contributed by atoms with Crippen molar-refractivity contribution in [2.75, 3.05) is 13.2 Å². The zero-order valence-electron chi connectivity index (χ0n) is 45.3. The lowest BCUT2D eigenvalue weighted by Gasteiger charge is -2.18. The van der Waals surface area contributed by atoms with E-state index >= 15 is 0 Å². The molecular weight excluding hydrogens is 853 g/mol. The summed E-state index contributed by atoms with van der Waals surface area (Å²) < 4.78 is 16.9. The summed E-state index contributed by atoms with van der Waals surface area (Å²) in [5.74, 6) is -0.923. The van der Waals surface area contributed by atoms with Crippen molar-refractivity contribution in [2.24, 2.45) is 0 Å². The molecule has 0 aromatic carbocycles. The van der Waals surface area contributed by atoms with Gasteiger partial charge in [0.1, 0.15) is 13.2 Å². The maximum atomic E-state index is 12.9. The van der Waals surface area contributed by atoms with Crippen LogP contribution in [0.4, 0.5) is 0 Å². The molecule has 0 aliphatic carbocycles. The monoisotopic (exact) mass is 961 g/mol. The van der Waals surface area contributed by atoms with Crippen LogP contribution in [0.25, 0.3) is 0 Å². The molecule has 69 heavy (non-hydrogen) atoms. The zero-order chi connectivity index (χ0) is 50.0. The van der Waals surface area contributed by atoms with Crippen LogP contribution < -0.4 is 0 Å². The average Bonchev–Trinajstić information content (AvgIpc) is 3.35. The number of hydrogen-bond donors (Lipinski definition) is 0.